The molecule has 5 heteroatoms. The summed E-state index contributed by atoms with van der Waals surface area (Å²) in [6.45, 7) is 1.39. The van der Waals surface area contributed by atoms with Gasteiger partial charge in [0, 0.05) is 12.8 Å². The van der Waals surface area contributed by atoms with E-state index in [4.69, 9.17) is 10.2 Å². The first kappa shape index (κ1) is 15.5. The molecule has 0 aromatic rings. The molecule has 5 nitrogen and oxygen atoms in total. The normalized spacial score (nSPS) is 10.9. The Morgan fingerprint density at radius 1 is 1.57 bits per heavy atom. The second-order valence-electron chi connectivity index (χ2n) is 2.67. The van der Waals surface area contributed by atoms with Crippen molar-refractivity contribution in [3.05, 3.63) is 0 Å². The zero-order valence-electron chi connectivity index (χ0n) is 8.60. The van der Waals surface area contributed by atoms with Crippen LogP contribution in [0.3, 0.4) is 0 Å². The smallest absolute Gasteiger partial charge is 0.305 e. The number of aliphatic hydroxyl groups excluding tert-OH is 2. The van der Waals surface area contributed by atoms with Crippen LogP contribution < -0.4 is 0 Å². The van der Waals surface area contributed by atoms with Gasteiger partial charge in [0.05, 0.1) is 19.8 Å². The molecule has 0 bridgehead atoms. The molecule has 0 amide bonds. The van der Waals surface area contributed by atoms with Crippen molar-refractivity contribution in [3.8, 4) is 0 Å². The van der Waals surface area contributed by atoms with Gasteiger partial charge in [-0.1, -0.05) is 0 Å². The van der Waals surface area contributed by atoms with Crippen LogP contribution in [0.25, 0.3) is 0 Å². The number of hydrogen-bond acceptors (Lipinski definition) is 5. The van der Waals surface area contributed by atoms with Crippen molar-refractivity contribution < 1.29 is 24.5 Å². The molecular weight excluding hydrogens is 188 g/mol. The molecule has 0 aromatic carbocycles. The van der Waals surface area contributed by atoms with Crippen molar-refractivity contribution in [1.82, 2.24) is 0 Å². The highest BCUT2D eigenvalue weighted by Gasteiger charge is 1.96. The van der Waals surface area contributed by atoms with Crippen molar-refractivity contribution in [2.75, 3.05) is 13.7 Å². The van der Waals surface area contributed by atoms with Crippen LogP contribution >= 0.6 is 0 Å². The first-order valence-electron chi connectivity index (χ1n) is 4.37. The van der Waals surface area contributed by atoms with E-state index in [-0.39, 0.29) is 12.6 Å². The van der Waals surface area contributed by atoms with Crippen molar-refractivity contribution in [2.24, 2.45) is 0 Å². The van der Waals surface area contributed by atoms with Gasteiger partial charge in [0.2, 0.25) is 0 Å². The summed E-state index contributed by atoms with van der Waals surface area (Å²) in [6, 6.07) is 0. The number of aliphatic hydroxyl groups is 2. The summed E-state index contributed by atoms with van der Waals surface area (Å²) >= 11 is 0. The van der Waals surface area contributed by atoms with Gasteiger partial charge in [0.1, 0.15) is 6.29 Å². The van der Waals surface area contributed by atoms with Gasteiger partial charge in [0.15, 0.2) is 0 Å². The number of methoxy groups -OCH3 is 1. The zero-order valence-corrected chi connectivity index (χ0v) is 8.60. The average Bonchev–Trinajstić information content (AvgIpc) is 2.19. The van der Waals surface area contributed by atoms with E-state index < -0.39 is 6.10 Å². The average molecular weight is 206 g/mol. The van der Waals surface area contributed by atoms with Gasteiger partial charge in [-0.05, 0) is 13.3 Å². The zero-order chi connectivity index (χ0) is 11.4. The molecule has 2 N–H and O–H groups in total. The Kier molecular flexibility index (Phi) is 13.4. The van der Waals surface area contributed by atoms with Gasteiger partial charge in [-0.25, -0.2) is 0 Å². The van der Waals surface area contributed by atoms with Gasteiger partial charge in [-0.2, -0.15) is 0 Å². The van der Waals surface area contributed by atoms with Crippen LogP contribution in [-0.2, 0) is 14.3 Å². The molecule has 84 valence electrons. The van der Waals surface area contributed by atoms with Gasteiger partial charge < -0.3 is 19.7 Å². The molecule has 1 unspecified atom stereocenters. The van der Waals surface area contributed by atoms with Crippen LogP contribution in [0.5, 0.6) is 0 Å². The van der Waals surface area contributed by atoms with Gasteiger partial charge in [-0.15, -0.1) is 0 Å². The second kappa shape index (κ2) is 12.1. The Balaban J connectivity index is 0. The monoisotopic (exact) mass is 206 g/mol. The molecule has 0 saturated heterocycles. The largest absolute Gasteiger partial charge is 0.469 e. The third kappa shape index (κ3) is 17.2. The van der Waals surface area contributed by atoms with E-state index in [1.54, 1.807) is 0 Å². The van der Waals surface area contributed by atoms with E-state index >= 15 is 0 Å². The van der Waals surface area contributed by atoms with Crippen molar-refractivity contribution in [3.63, 3.8) is 0 Å². The highest BCUT2D eigenvalue weighted by molar-refractivity contribution is 5.69. The summed E-state index contributed by atoms with van der Waals surface area (Å²) < 4.78 is 4.34. The summed E-state index contributed by atoms with van der Waals surface area (Å²) in [5.74, 6) is -0.253. The molecule has 0 radical (unpaired) electrons. The number of unbranched alkanes of at least 4 members (excludes halogenated alkanes) is 1. The Morgan fingerprint density at radius 2 is 2.07 bits per heavy atom. The molecule has 0 aliphatic carbocycles. The fourth-order valence-corrected chi connectivity index (χ4v) is 0.432. The number of esters is 1. The van der Waals surface area contributed by atoms with Crippen molar-refractivity contribution >= 4 is 12.3 Å². The van der Waals surface area contributed by atoms with Crippen LogP contribution in [-0.4, -0.2) is 42.3 Å². The maximum atomic E-state index is 10.3. The number of aldehydes is 1. The van der Waals surface area contributed by atoms with E-state index in [2.05, 4.69) is 4.74 Å². The first-order valence-corrected chi connectivity index (χ1v) is 4.37. The number of carbonyl (C=O) groups excluding carboxylic acids is 2. The number of carbonyl (C=O) groups is 2. The van der Waals surface area contributed by atoms with E-state index in [1.165, 1.54) is 14.0 Å². The van der Waals surface area contributed by atoms with E-state index in [1.807, 2.05) is 0 Å². The van der Waals surface area contributed by atoms with Gasteiger partial charge >= 0.3 is 5.97 Å². The topological polar surface area (TPSA) is 83.8 Å². The SMILES string of the molecule is CC(O)CO.COC(=O)CCCC=O. The molecule has 14 heavy (non-hydrogen) atoms. The Morgan fingerprint density at radius 3 is 2.36 bits per heavy atom. The molecule has 1 atom stereocenters. The van der Waals surface area contributed by atoms with E-state index in [9.17, 15) is 9.59 Å². The lowest BCUT2D eigenvalue weighted by Gasteiger charge is -1.93. The van der Waals surface area contributed by atoms with Crippen molar-refractivity contribution in [1.29, 1.82) is 0 Å². The van der Waals surface area contributed by atoms with Crippen LogP contribution in [0.1, 0.15) is 26.2 Å². The Hall–Kier alpha value is -0.940. The quantitative estimate of drug-likeness (QED) is 0.372. The number of rotatable bonds is 5. The summed E-state index contributed by atoms with van der Waals surface area (Å²) in [5, 5.41) is 16.0. The molecule has 0 saturated carbocycles. The molecule has 0 aromatic heterocycles. The van der Waals surface area contributed by atoms with Crippen LogP contribution in [0.2, 0.25) is 0 Å². The second-order valence-corrected chi connectivity index (χ2v) is 2.67. The maximum absolute atomic E-state index is 10.3. The lowest BCUT2D eigenvalue weighted by molar-refractivity contribution is -0.140. The molecule has 0 heterocycles. The van der Waals surface area contributed by atoms with Crippen LogP contribution in [0.4, 0.5) is 0 Å². The summed E-state index contributed by atoms with van der Waals surface area (Å²) in [6.07, 6.45) is 1.61. The fourth-order valence-electron chi connectivity index (χ4n) is 0.432. The first-order chi connectivity index (χ1) is 6.58. The third-order valence-electron chi connectivity index (χ3n) is 1.19. The molecule has 0 aliphatic rings. The van der Waals surface area contributed by atoms with E-state index in [0.717, 1.165) is 6.29 Å². The molecule has 0 spiro atoms. The lowest BCUT2D eigenvalue weighted by Crippen LogP contribution is -2.03. The highest BCUT2D eigenvalue weighted by atomic mass is 16.5. The Labute approximate surface area is 83.7 Å². The molecule has 0 rings (SSSR count). The number of ether oxygens (including phenoxy) is 1. The lowest BCUT2D eigenvalue weighted by atomic mass is 10.2. The van der Waals surface area contributed by atoms with E-state index in [0.29, 0.717) is 19.3 Å². The summed E-state index contributed by atoms with van der Waals surface area (Å²) in [4.78, 5) is 20.1. The minimum atomic E-state index is -0.560. The minimum absolute atomic E-state index is 0.139. The van der Waals surface area contributed by atoms with Crippen molar-refractivity contribution in [2.45, 2.75) is 32.3 Å². The fraction of sp³-hybridized carbons (Fsp3) is 0.778. The highest BCUT2D eigenvalue weighted by Crippen LogP contribution is 1.93. The molecular formula is C9H18O5. The molecule has 0 aliphatic heterocycles. The number of hydrogen-bond donors (Lipinski definition) is 2. The predicted molar refractivity (Wildman–Crippen MR) is 50.7 cm³/mol. The minimum Gasteiger partial charge on any atom is -0.469 e. The van der Waals surface area contributed by atoms with Gasteiger partial charge in [0.25, 0.3) is 0 Å². The van der Waals surface area contributed by atoms with Gasteiger partial charge in [-0.3, -0.25) is 4.79 Å². The summed E-state index contributed by atoms with van der Waals surface area (Å²) in [7, 11) is 1.34. The third-order valence-corrected chi connectivity index (χ3v) is 1.19. The predicted octanol–water partition coefficient (Wildman–Crippen LogP) is -0.112. The van der Waals surface area contributed by atoms with Crippen LogP contribution in [0.15, 0.2) is 0 Å². The standard InChI is InChI=1S/C6H10O3.C3H8O2/c1-9-6(8)4-2-3-5-7;1-3(5)2-4/h5H,2-4H2,1H3;3-5H,2H2,1H3. The Bertz CT molecular complexity index is 144. The summed E-state index contributed by atoms with van der Waals surface area (Å²) in [5.41, 5.74) is 0. The molecule has 0 fully saturated rings. The maximum Gasteiger partial charge on any atom is 0.305 e. The van der Waals surface area contributed by atoms with Crippen LogP contribution in [0, 0.1) is 0 Å².